The Labute approximate surface area is 138 Å². The topological polar surface area (TPSA) is 0 Å². The number of rotatable bonds is 2. The highest BCUT2D eigenvalue weighted by Crippen LogP contribution is 2.19. The van der Waals surface area contributed by atoms with E-state index in [2.05, 4.69) is 45.0 Å². The lowest BCUT2D eigenvalue weighted by Gasteiger charge is -2.05. The van der Waals surface area contributed by atoms with Gasteiger partial charge in [-0.3, -0.25) is 0 Å². The molecule has 128 valence electrons. The molecule has 0 radical (unpaired) electrons. The molecule has 0 amide bonds. The van der Waals surface area contributed by atoms with Gasteiger partial charge in [0.2, 0.25) is 0 Å². The fourth-order valence-corrected chi connectivity index (χ4v) is 1.86. The van der Waals surface area contributed by atoms with Gasteiger partial charge in [0, 0.05) is 0 Å². The first-order valence-electron chi connectivity index (χ1n) is 7.43. The Morgan fingerprint density at radius 1 is 0.696 bits per heavy atom. The Morgan fingerprint density at radius 3 is 1.43 bits per heavy atom. The molecule has 0 spiro atoms. The van der Waals surface area contributed by atoms with E-state index >= 15 is 0 Å². The van der Waals surface area contributed by atoms with Crippen molar-refractivity contribution in [1.29, 1.82) is 0 Å². The molecule has 2 rings (SSSR count). The van der Waals surface area contributed by atoms with Crippen molar-refractivity contribution >= 4 is 0 Å². The number of aryl methyl sites for hydroxylation is 1. The second-order valence-electron chi connectivity index (χ2n) is 6.02. The molecule has 2 aromatic rings. The summed E-state index contributed by atoms with van der Waals surface area (Å²) in [5.41, 5.74) is 3.22. The standard InChI is InChI=1S/C10H14.C9H9F3.CH4/c1-8(2)10-6-4-9(3)5-7-10;1-5(2)6-3-7(10)9(12)8(11)4-6;/h4-8H,1-3H3;3-5H,1-2H3;1H4. The van der Waals surface area contributed by atoms with Gasteiger partial charge in [0.1, 0.15) is 0 Å². The summed E-state index contributed by atoms with van der Waals surface area (Å²) >= 11 is 0. The van der Waals surface area contributed by atoms with E-state index in [1.807, 2.05) is 0 Å². The molecular formula is C20H27F3. The summed E-state index contributed by atoms with van der Waals surface area (Å²) in [6.45, 7) is 10.1. The zero-order valence-electron chi connectivity index (χ0n) is 13.8. The monoisotopic (exact) mass is 324 g/mol. The molecule has 0 bridgehead atoms. The van der Waals surface area contributed by atoms with Crippen LogP contribution in [0.4, 0.5) is 13.2 Å². The fraction of sp³-hybridized carbons (Fsp3) is 0.400. The molecular weight excluding hydrogens is 297 g/mol. The largest absolute Gasteiger partial charge is 0.204 e. The van der Waals surface area contributed by atoms with Crippen LogP contribution in [0.25, 0.3) is 0 Å². The summed E-state index contributed by atoms with van der Waals surface area (Å²) in [5, 5.41) is 0. The quantitative estimate of drug-likeness (QED) is 0.523. The van der Waals surface area contributed by atoms with Gasteiger partial charge in [-0.15, -0.1) is 0 Å². The molecule has 2 aromatic carbocycles. The molecule has 0 atom stereocenters. The molecule has 0 aliphatic rings. The Hall–Kier alpha value is -1.77. The van der Waals surface area contributed by atoms with Crippen LogP contribution in [0.1, 0.15) is 63.6 Å². The summed E-state index contributed by atoms with van der Waals surface area (Å²) < 4.78 is 37.6. The highest BCUT2D eigenvalue weighted by Gasteiger charge is 2.11. The van der Waals surface area contributed by atoms with Gasteiger partial charge < -0.3 is 0 Å². The van der Waals surface area contributed by atoms with Crippen LogP contribution in [-0.2, 0) is 0 Å². The molecule has 0 aromatic heterocycles. The van der Waals surface area contributed by atoms with Crippen LogP contribution >= 0.6 is 0 Å². The third-order valence-electron chi connectivity index (χ3n) is 3.42. The molecule has 0 saturated carbocycles. The molecule has 3 heteroatoms. The molecule has 0 N–H and O–H groups in total. The van der Waals surface area contributed by atoms with Crippen molar-refractivity contribution in [2.24, 2.45) is 0 Å². The van der Waals surface area contributed by atoms with E-state index in [4.69, 9.17) is 0 Å². The average molecular weight is 324 g/mol. The third-order valence-corrected chi connectivity index (χ3v) is 3.42. The molecule has 0 aliphatic heterocycles. The van der Waals surface area contributed by atoms with Crippen LogP contribution in [-0.4, -0.2) is 0 Å². The van der Waals surface area contributed by atoms with Gasteiger partial charge in [0.15, 0.2) is 17.5 Å². The lowest BCUT2D eigenvalue weighted by Crippen LogP contribution is -1.95. The Kier molecular flexibility index (Phi) is 8.66. The number of hydrogen-bond donors (Lipinski definition) is 0. The van der Waals surface area contributed by atoms with Gasteiger partial charge in [-0.05, 0) is 42.0 Å². The summed E-state index contributed by atoms with van der Waals surface area (Å²) in [6.07, 6.45) is 0. The maximum absolute atomic E-state index is 12.6. The van der Waals surface area contributed by atoms with Gasteiger partial charge in [0.25, 0.3) is 0 Å². The minimum Gasteiger partial charge on any atom is -0.204 e. The second-order valence-corrected chi connectivity index (χ2v) is 6.02. The van der Waals surface area contributed by atoms with Gasteiger partial charge in [0.05, 0.1) is 0 Å². The van der Waals surface area contributed by atoms with E-state index in [1.54, 1.807) is 13.8 Å². The van der Waals surface area contributed by atoms with Crippen LogP contribution < -0.4 is 0 Å². The van der Waals surface area contributed by atoms with E-state index in [1.165, 1.54) is 11.1 Å². The van der Waals surface area contributed by atoms with Crippen LogP contribution in [0.2, 0.25) is 0 Å². The van der Waals surface area contributed by atoms with Crippen LogP contribution in [0.5, 0.6) is 0 Å². The summed E-state index contributed by atoms with van der Waals surface area (Å²) in [7, 11) is 0. The molecule has 0 heterocycles. The Bertz CT molecular complexity index is 576. The predicted molar refractivity (Wildman–Crippen MR) is 92.4 cm³/mol. The molecule has 0 aliphatic carbocycles. The third kappa shape index (κ3) is 6.47. The first-order valence-corrected chi connectivity index (χ1v) is 7.43. The van der Waals surface area contributed by atoms with Gasteiger partial charge in [-0.25, -0.2) is 13.2 Å². The van der Waals surface area contributed by atoms with E-state index < -0.39 is 17.5 Å². The van der Waals surface area contributed by atoms with Crippen LogP contribution in [0.15, 0.2) is 36.4 Å². The van der Waals surface area contributed by atoms with Crippen molar-refractivity contribution in [3.8, 4) is 0 Å². The molecule has 0 nitrogen and oxygen atoms in total. The van der Waals surface area contributed by atoms with Crippen molar-refractivity contribution in [3.63, 3.8) is 0 Å². The highest BCUT2D eigenvalue weighted by atomic mass is 19.2. The van der Waals surface area contributed by atoms with Crippen molar-refractivity contribution in [1.82, 2.24) is 0 Å². The Balaban J connectivity index is 0.000000409. The Morgan fingerprint density at radius 2 is 1.09 bits per heavy atom. The van der Waals surface area contributed by atoms with E-state index in [0.29, 0.717) is 11.5 Å². The van der Waals surface area contributed by atoms with E-state index in [9.17, 15) is 13.2 Å². The summed E-state index contributed by atoms with van der Waals surface area (Å²) in [6, 6.07) is 10.7. The molecule has 0 unspecified atom stereocenters. The highest BCUT2D eigenvalue weighted by molar-refractivity contribution is 5.23. The van der Waals surface area contributed by atoms with Crippen molar-refractivity contribution < 1.29 is 13.2 Å². The molecule has 23 heavy (non-hydrogen) atoms. The van der Waals surface area contributed by atoms with Crippen LogP contribution in [0, 0.1) is 24.4 Å². The molecule has 0 fully saturated rings. The molecule has 0 saturated heterocycles. The smallest absolute Gasteiger partial charge is 0.194 e. The maximum Gasteiger partial charge on any atom is 0.194 e. The van der Waals surface area contributed by atoms with Crippen LogP contribution in [0.3, 0.4) is 0 Å². The van der Waals surface area contributed by atoms with Crippen molar-refractivity contribution in [3.05, 3.63) is 70.5 Å². The zero-order chi connectivity index (χ0) is 16.9. The fourth-order valence-electron chi connectivity index (χ4n) is 1.86. The number of hydrogen-bond acceptors (Lipinski definition) is 0. The zero-order valence-corrected chi connectivity index (χ0v) is 13.8. The first kappa shape index (κ1) is 21.2. The minimum atomic E-state index is -1.40. The lowest BCUT2D eigenvalue weighted by molar-refractivity contribution is 0.444. The van der Waals surface area contributed by atoms with Crippen molar-refractivity contribution in [2.45, 2.75) is 53.9 Å². The number of halogens is 3. The van der Waals surface area contributed by atoms with Gasteiger partial charge in [-0.1, -0.05) is 65.0 Å². The normalized spacial score (nSPS) is 10.2. The number of benzene rings is 2. The second kappa shape index (κ2) is 9.39. The summed E-state index contributed by atoms with van der Waals surface area (Å²) in [4.78, 5) is 0. The lowest BCUT2D eigenvalue weighted by atomic mass is 10.0. The van der Waals surface area contributed by atoms with Gasteiger partial charge >= 0.3 is 0 Å². The minimum absolute atomic E-state index is 0. The van der Waals surface area contributed by atoms with Gasteiger partial charge in [-0.2, -0.15) is 0 Å². The van der Waals surface area contributed by atoms with E-state index in [0.717, 1.165) is 12.1 Å². The average Bonchev–Trinajstić information content (AvgIpc) is 2.45. The van der Waals surface area contributed by atoms with E-state index in [-0.39, 0.29) is 13.3 Å². The predicted octanol–water partition coefficient (Wildman–Crippen LogP) is 6.98. The maximum atomic E-state index is 12.6. The SMILES string of the molecule is C.CC(C)c1cc(F)c(F)c(F)c1.Cc1ccc(C(C)C)cc1. The van der Waals surface area contributed by atoms with Crippen molar-refractivity contribution in [2.75, 3.05) is 0 Å². The summed E-state index contributed by atoms with van der Waals surface area (Å²) in [5.74, 6) is -3.01. The first-order chi connectivity index (χ1) is 10.2.